The van der Waals surface area contributed by atoms with E-state index >= 15 is 0 Å². The SMILES string of the molecule is CO[C@@H]1C[C@H]2C(C)(C)CCC[C@]2(C)c2c1cc(C(C)C)c(O)c2O. The van der Waals surface area contributed by atoms with E-state index < -0.39 is 0 Å². The third kappa shape index (κ3) is 2.35. The quantitative estimate of drug-likeness (QED) is 0.713. The van der Waals surface area contributed by atoms with Gasteiger partial charge in [-0.3, -0.25) is 0 Å². The second-order valence-electron chi connectivity index (χ2n) is 9.05. The molecule has 0 saturated heterocycles. The molecule has 1 aromatic carbocycles. The van der Waals surface area contributed by atoms with Gasteiger partial charge in [-0.25, -0.2) is 0 Å². The highest BCUT2D eigenvalue weighted by Gasteiger charge is 2.53. The topological polar surface area (TPSA) is 49.7 Å². The Morgan fingerprint density at radius 2 is 1.79 bits per heavy atom. The molecule has 3 rings (SSSR count). The van der Waals surface area contributed by atoms with Crippen LogP contribution in [0.15, 0.2) is 6.07 Å². The van der Waals surface area contributed by atoms with Crippen molar-refractivity contribution in [1.82, 2.24) is 0 Å². The van der Waals surface area contributed by atoms with Gasteiger partial charge < -0.3 is 14.9 Å². The number of aromatic hydroxyl groups is 2. The molecule has 24 heavy (non-hydrogen) atoms. The van der Waals surface area contributed by atoms with Crippen molar-refractivity contribution in [3.05, 3.63) is 22.8 Å². The Labute approximate surface area is 146 Å². The Hall–Kier alpha value is -1.22. The average molecular weight is 332 g/mol. The second-order valence-corrected chi connectivity index (χ2v) is 9.05. The molecule has 0 bridgehead atoms. The lowest BCUT2D eigenvalue weighted by Crippen LogP contribution is -2.49. The van der Waals surface area contributed by atoms with E-state index in [1.54, 1.807) is 7.11 Å². The Morgan fingerprint density at radius 3 is 2.38 bits per heavy atom. The normalized spacial score (nSPS) is 31.6. The summed E-state index contributed by atoms with van der Waals surface area (Å²) in [5, 5.41) is 21.6. The van der Waals surface area contributed by atoms with Crippen molar-refractivity contribution in [3.8, 4) is 11.5 Å². The van der Waals surface area contributed by atoms with E-state index in [1.165, 1.54) is 6.42 Å². The summed E-state index contributed by atoms with van der Waals surface area (Å²) in [6.07, 6.45) is 4.38. The molecule has 0 spiro atoms. The highest BCUT2D eigenvalue weighted by Crippen LogP contribution is 2.62. The smallest absolute Gasteiger partial charge is 0.161 e. The van der Waals surface area contributed by atoms with Gasteiger partial charge in [0.2, 0.25) is 0 Å². The summed E-state index contributed by atoms with van der Waals surface area (Å²) < 4.78 is 5.84. The molecule has 1 fully saturated rings. The standard InChI is InChI=1S/C21H32O3/c1-12(2)13-10-14-15(24-6)11-16-20(3,4)8-7-9-21(16,5)17(14)19(23)18(13)22/h10,12,15-16,22-23H,7-9,11H2,1-6H3/t15-,16+,21+/m1/s1. The van der Waals surface area contributed by atoms with Crippen LogP contribution in [0.2, 0.25) is 0 Å². The largest absolute Gasteiger partial charge is 0.504 e. The van der Waals surface area contributed by atoms with Crippen LogP contribution in [0.1, 0.15) is 89.0 Å². The zero-order valence-electron chi connectivity index (χ0n) is 15.9. The van der Waals surface area contributed by atoms with Crippen molar-refractivity contribution in [1.29, 1.82) is 0 Å². The molecule has 2 aliphatic rings. The summed E-state index contributed by atoms with van der Waals surface area (Å²) in [7, 11) is 1.76. The van der Waals surface area contributed by atoms with Gasteiger partial charge in [-0.1, -0.05) is 41.0 Å². The summed E-state index contributed by atoms with van der Waals surface area (Å²) in [6.45, 7) is 11.0. The number of hydrogen-bond acceptors (Lipinski definition) is 3. The number of rotatable bonds is 2. The van der Waals surface area contributed by atoms with Crippen LogP contribution in [0.4, 0.5) is 0 Å². The van der Waals surface area contributed by atoms with Crippen LogP contribution in [0, 0.1) is 11.3 Å². The van der Waals surface area contributed by atoms with E-state index in [0.717, 1.165) is 36.0 Å². The van der Waals surface area contributed by atoms with Gasteiger partial charge in [-0.2, -0.15) is 0 Å². The number of phenols is 2. The molecule has 0 aliphatic heterocycles. The molecule has 3 atom stereocenters. The molecule has 0 aromatic heterocycles. The molecule has 1 saturated carbocycles. The molecule has 0 unspecified atom stereocenters. The van der Waals surface area contributed by atoms with Crippen LogP contribution >= 0.6 is 0 Å². The van der Waals surface area contributed by atoms with Crippen LogP contribution in [0.3, 0.4) is 0 Å². The van der Waals surface area contributed by atoms with Gasteiger partial charge in [0.1, 0.15) is 0 Å². The maximum Gasteiger partial charge on any atom is 0.161 e. The predicted octanol–water partition coefficient (Wildman–Crippen LogP) is 5.40. The monoisotopic (exact) mass is 332 g/mol. The summed E-state index contributed by atoms with van der Waals surface area (Å²) in [5.41, 5.74) is 2.92. The minimum absolute atomic E-state index is 0.0144. The van der Waals surface area contributed by atoms with Crippen LogP contribution < -0.4 is 0 Å². The van der Waals surface area contributed by atoms with Crippen molar-refractivity contribution >= 4 is 0 Å². The lowest BCUT2D eigenvalue weighted by Gasteiger charge is -2.55. The van der Waals surface area contributed by atoms with Crippen LogP contribution in [0.5, 0.6) is 11.5 Å². The third-order valence-corrected chi connectivity index (χ3v) is 6.84. The Balaban J connectivity index is 2.28. The zero-order chi connectivity index (χ0) is 17.9. The maximum atomic E-state index is 11.0. The van der Waals surface area contributed by atoms with Crippen LogP contribution in [0.25, 0.3) is 0 Å². The third-order valence-electron chi connectivity index (χ3n) is 6.84. The number of benzene rings is 1. The highest BCUT2D eigenvalue weighted by molar-refractivity contribution is 5.59. The van der Waals surface area contributed by atoms with E-state index in [1.807, 2.05) is 13.8 Å². The number of hydrogen-bond donors (Lipinski definition) is 2. The Bertz CT molecular complexity index is 647. The summed E-state index contributed by atoms with van der Waals surface area (Å²) in [6, 6.07) is 2.08. The van der Waals surface area contributed by atoms with E-state index in [4.69, 9.17) is 4.74 Å². The van der Waals surface area contributed by atoms with Gasteiger partial charge in [0, 0.05) is 23.7 Å². The van der Waals surface area contributed by atoms with Gasteiger partial charge >= 0.3 is 0 Å². The molecule has 0 radical (unpaired) electrons. The summed E-state index contributed by atoms with van der Waals surface area (Å²) in [5.74, 6) is 0.741. The first-order valence-electron chi connectivity index (χ1n) is 9.25. The fourth-order valence-corrected chi connectivity index (χ4v) is 5.56. The fraction of sp³-hybridized carbons (Fsp3) is 0.714. The number of ether oxygens (including phenoxy) is 1. The molecule has 3 nitrogen and oxygen atoms in total. The number of methoxy groups -OCH3 is 1. The molecule has 134 valence electrons. The molecule has 3 heteroatoms. The number of fused-ring (bicyclic) bond motifs is 3. The molecule has 1 aromatic rings. The summed E-state index contributed by atoms with van der Waals surface area (Å²) >= 11 is 0. The fourth-order valence-electron chi connectivity index (χ4n) is 5.56. The van der Waals surface area contributed by atoms with Gasteiger partial charge in [0.25, 0.3) is 0 Å². The number of phenolic OH excluding ortho intramolecular Hbond substituents is 2. The molecule has 2 N–H and O–H groups in total. The molecule has 0 amide bonds. The van der Waals surface area contributed by atoms with E-state index in [9.17, 15) is 10.2 Å². The van der Waals surface area contributed by atoms with Crippen molar-refractivity contribution in [3.63, 3.8) is 0 Å². The minimum atomic E-state index is -0.108. The van der Waals surface area contributed by atoms with Gasteiger partial charge in [-0.15, -0.1) is 0 Å². The first-order chi connectivity index (χ1) is 11.1. The first kappa shape index (κ1) is 17.6. The molecule has 2 aliphatic carbocycles. The second kappa shape index (κ2) is 5.66. The van der Waals surface area contributed by atoms with Crippen molar-refractivity contribution in [2.75, 3.05) is 7.11 Å². The lowest BCUT2D eigenvalue weighted by atomic mass is 9.49. The summed E-state index contributed by atoms with van der Waals surface area (Å²) in [4.78, 5) is 0. The van der Waals surface area contributed by atoms with E-state index in [0.29, 0.717) is 5.92 Å². The van der Waals surface area contributed by atoms with Gasteiger partial charge in [-0.05, 0) is 48.1 Å². The van der Waals surface area contributed by atoms with Crippen molar-refractivity contribution in [2.45, 2.75) is 77.7 Å². The Morgan fingerprint density at radius 1 is 1.12 bits per heavy atom. The molecular weight excluding hydrogens is 300 g/mol. The van der Waals surface area contributed by atoms with Crippen LogP contribution in [-0.2, 0) is 10.2 Å². The van der Waals surface area contributed by atoms with Gasteiger partial charge in [0.15, 0.2) is 11.5 Å². The molecular formula is C21H32O3. The van der Waals surface area contributed by atoms with Crippen molar-refractivity contribution in [2.24, 2.45) is 11.3 Å². The maximum absolute atomic E-state index is 11.0. The average Bonchev–Trinajstić information content (AvgIpc) is 2.49. The first-order valence-corrected chi connectivity index (χ1v) is 9.25. The minimum Gasteiger partial charge on any atom is -0.504 e. The highest BCUT2D eigenvalue weighted by atomic mass is 16.5. The van der Waals surface area contributed by atoms with Gasteiger partial charge in [0.05, 0.1) is 6.10 Å². The van der Waals surface area contributed by atoms with E-state index in [2.05, 4.69) is 26.8 Å². The zero-order valence-corrected chi connectivity index (χ0v) is 15.9. The lowest BCUT2D eigenvalue weighted by molar-refractivity contribution is -0.0238. The Kier molecular flexibility index (Phi) is 4.15. The van der Waals surface area contributed by atoms with Crippen molar-refractivity contribution < 1.29 is 14.9 Å². The molecule has 0 heterocycles. The van der Waals surface area contributed by atoms with E-state index in [-0.39, 0.29) is 34.4 Å². The van der Waals surface area contributed by atoms with Crippen LogP contribution in [-0.4, -0.2) is 17.3 Å². The predicted molar refractivity (Wildman–Crippen MR) is 96.7 cm³/mol.